The molecule has 0 saturated heterocycles. The number of benzene rings is 2. The van der Waals surface area contributed by atoms with E-state index in [2.05, 4.69) is 41.5 Å². The Morgan fingerprint density at radius 1 is 0.833 bits per heavy atom. The summed E-state index contributed by atoms with van der Waals surface area (Å²) >= 11 is 8.80. The molecule has 2 aromatic heterocycles. The predicted molar refractivity (Wildman–Crippen MR) is 125 cm³/mol. The van der Waals surface area contributed by atoms with Gasteiger partial charge in [-0.15, -0.1) is 0 Å². The van der Waals surface area contributed by atoms with E-state index in [9.17, 15) is 4.39 Å². The summed E-state index contributed by atoms with van der Waals surface area (Å²) in [5.74, 6) is -0.0326. The van der Waals surface area contributed by atoms with Crippen LogP contribution < -0.4 is 10.6 Å². The molecule has 0 amide bonds. The highest BCUT2D eigenvalue weighted by Gasteiger charge is 2.11. The summed E-state index contributed by atoms with van der Waals surface area (Å²) in [5.41, 5.74) is 3.72. The van der Waals surface area contributed by atoms with E-state index in [1.54, 1.807) is 24.5 Å². The number of halogens is 2. The molecule has 0 fully saturated rings. The minimum absolute atomic E-state index is 0.254. The number of pyridine rings is 1. The lowest BCUT2D eigenvalue weighted by Crippen LogP contribution is -2.21. The molecule has 0 bridgehead atoms. The van der Waals surface area contributed by atoms with Crippen LogP contribution in [0.4, 0.5) is 16.0 Å². The minimum atomic E-state index is -0.352. The Morgan fingerprint density at radius 2 is 1.60 bits per heavy atom. The Balaban J connectivity index is 1.67. The van der Waals surface area contributed by atoms with Gasteiger partial charge in [0.15, 0.2) is 5.11 Å². The molecule has 5 nitrogen and oxygen atoms in total. The number of aromatic nitrogens is 3. The SMILES string of the molecule is Fc1cccc(NC(=S)Nc2nc(-c3ccccc3)cc(-c3cncc(Br)c3)n2)c1. The zero-order chi connectivity index (χ0) is 20.9. The summed E-state index contributed by atoms with van der Waals surface area (Å²) in [5, 5.41) is 6.18. The van der Waals surface area contributed by atoms with E-state index in [0.29, 0.717) is 17.3 Å². The molecular weight excluding hydrogens is 465 g/mol. The maximum absolute atomic E-state index is 13.4. The van der Waals surface area contributed by atoms with E-state index >= 15 is 0 Å². The van der Waals surface area contributed by atoms with E-state index in [1.165, 1.54) is 12.1 Å². The van der Waals surface area contributed by atoms with Crippen LogP contribution in [0, 0.1) is 5.82 Å². The molecule has 0 spiro atoms. The summed E-state index contributed by atoms with van der Waals surface area (Å²) < 4.78 is 14.3. The van der Waals surface area contributed by atoms with Crippen molar-refractivity contribution >= 4 is 44.9 Å². The van der Waals surface area contributed by atoms with Crippen LogP contribution in [0.5, 0.6) is 0 Å². The van der Waals surface area contributed by atoms with Gasteiger partial charge in [0.05, 0.1) is 11.4 Å². The summed E-state index contributed by atoms with van der Waals surface area (Å²) in [6.07, 6.45) is 3.44. The molecule has 4 aromatic rings. The van der Waals surface area contributed by atoms with Gasteiger partial charge >= 0.3 is 0 Å². The van der Waals surface area contributed by atoms with Crippen LogP contribution in [0.15, 0.2) is 83.6 Å². The zero-order valence-corrected chi connectivity index (χ0v) is 17.9. The van der Waals surface area contributed by atoms with Crippen LogP contribution in [0.1, 0.15) is 0 Å². The maximum atomic E-state index is 13.4. The fourth-order valence-electron chi connectivity index (χ4n) is 2.79. The summed E-state index contributed by atoms with van der Waals surface area (Å²) in [6, 6.07) is 19.6. The number of nitrogens with zero attached hydrogens (tertiary/aromatic N) is 3. The van der Waals surface area contributed by atoms with E-state index in [0.717, 1.165) is 21.3 Å². The average molecular weight is 480 g/mol. The molecule has 2 heterocycles. The third kappa shape index (κ3) is 5.03. The van der Waals surface area contributed by atoms with E-state index in [1.807, 2.05) is 42.5 Å². The predicted octanol–water partition coefficient (Wildman–Crippen LogP) is 5.92. The van der Waals surface area contributed by atoms with E-state index in [4.69, 9.17) is 12.2 Å². The van der Waals surface area contributed by atoms with Gasteiger partial charge in [0.2, 0.25) is 5.95 Å². The van der Waals surface area contributed by atoms with Crippen molar-refractivity contribution < 1.29 is 4.39 Å². The summed E-state index contributed by atoms with van der Waals surface area (Å²) in [6.45, 7) is 0. The lowest BCUT2D eigenvalue weighted by molar-refractivity contribution is 0.628. The molecule has 2 aromatic carbocycles. The third-order valence-electron chi connectivity index (χ3n) is 4.10. The average Bonchev–Trinajstić information content (AvgIpc) is 2.74. The Morgan fingerprint density at radius 3 is 2.33 bits per heavy atom. The van der Waals surface area contributed by atoms with Crippen molar-refractivity contribution in [2.75, 3.05) is 10.6 Å². The van der Waals surface area contributed by atoms with Gasteiger partial charge in [-0.3, -0.25) is 4.98 Å². The molecule has 0 radical (unpaired) electrons. The van der Waals surface area contributed by atoms with Crippen LogP contribution in [0.3, 0.4) is 0 Å². The molecule has 30 heavy (non-hydrogen) atoms. The molecule has 148 valence electrons. The van der Waals surface area contributed by atoms with Gasteiger partial charge in [0.1, 0.15) is 5.82 Å². The fraction of sp³-hybridized carbons (Fsp3) is 0. The highest BCUT2D eigenvalue weighted by Crippen LogP contribution is 2.26. The van der Waals surface area contributed by atoms with Crippen molar-refractivity contribution in [3.63, 3.8) is 0 Å². The topological polar surface area (TPSA) is 62.7 Å². The molecular formula is C22H15BrFN5S. The van der Waals surface area contributed by atoms with Crippen LogP contribution in [0.2, 0.25) is 0 Å². The standard InChI is InChI=1S/C22H15BrFN5S/c23-16-9-15(12-25-13-16)20-11-19(14-5-2-1-3-6-14)27-21(28-20)29-22(30)26-18-8-4-7-17(24)10-18/h1-13H,(H2,26,27,28,29,30). The van der Waals surface area contributed by atoms with E-state index in [-0.39, 0.29) is 10.9 Å². The molecule has 8 heteroatoms. The maximum Gasteiger partial charge on any atom is 0.230 e. The largest absolute Gasteiger partial charge is 0.332 e. The van der Waals surface area contributed by atoms with Gasteiger partial charge in [-0.05, 0) is 58.5 Å². The van der Waals surface area contributed by atoms with Gasteiger partial charge in [-0.25, -0.2) is 14.4 Å². The number of thiocarbonyl (C=S) groups is 1. The number of nitrogens with one attached hydrogen (secondary N) is 2. The van der Waals surface area contributed by atoms with Crippen molar-refractivity contribution in [1.29, 1.82) is 0 Å². The van der Waals surface area contributed by atoms with Crippen molar-refractivity contribution in [1.82, 2.24) is 15.0 Å². The number of rotatable bonds is 4. The first-order valence-corrected chi connectivity index (χ1v) is 10.2. The lowest BCUT2D eigenvalue weighted by atomic mass is 10.1. The first kappa shape index (κ1) is 20.1. The van der Waals surface area contributed by atoms with Gasteiger partial charge in [-0.1, -0.05) is 36.4 Å². The second kappa shape index (κ2) is 9.06. The van der Waals surface area contributed by atoms with Crippen LogP contribution in [-0.2, 0) is 0 Å². The zero-order valence-electron chi connectivity index (χ0n) is 15.5. The Bertz CT molecular complexity index is 1200. The summed E-state index contributed by atoms with van der Waals surface area (Å²) in [4.78, 5) is 13.4. The van der Waals surface area contributed by atoms with Gasteiger partial charge in [0.25, 0.3) is 0 Å². The molecule has 0 saturated carbocycles. The molecule has 2 N–H and O–H groups in total. The van der Waals surface area contributed by atoms with E-state index < -0.39 is 0 Å². The molecule has 0 aliphatic carbocycles. The van der Waals surface area contributed by atoms with Crippen LogP contribution >= 0.6 is 28.1 Å². The van der Waals surface area contributed by atoms with Gasteiger partial charge in [-0.2, -0.15) is 0 Å². The van der Waals surface area contributed by atoms with Crippen molar-refractivity contribution in [3.8, 4) is 22.5 Å². The van der Waals surface area contributed by atoms with Crippen molar-refractivity contribution in [3.05, 3.63) is 89.4 Å². The molecule has 0 aliphatic rings. The first-order valence-electron chi connectivity index (χ1n) is 8.96. The van der Waals surface area contributed by atoms with Crippen LogP contribution in [-0.4, -0.2) is 20.1 Å². The second-order valence-corrected chi connectivity index (χ2v) is 7.63. The minimum Gasteiger partial charge on any atom is -0.332 e. The van der Waals surface area contributed by atoms with Crippen molar-refractivity contribution in [2.45, 2.75) is 0 Å². The molecule has 0 unspecified atom stereocenters. The quantitative estimate of drug-likeness (QED) is 0.354. The normalized spacial score (nSPS) is 10.5. The first-order chi connectivity index (χ1) is 14.6. The third-order valence-corrected chi connectivity index (χ3v) is 4.74. The number of hydrogen-bond donors (Lipinski definition) is 2. The fourth-order valence-corrected chi connectivity index (χ4v) is 3.36. The number of hydrogen-bond acceptors (Lipinski definition) is 4. The smallest absolute Gasteiger partial charge is 0.230 e. The molecule has 0 aliphatic heterocycles. The monoisotopic (exact) mass is 479 g/mol. The van der Waals surface area contributed by atoms with Crippen LogP contribution in [0.25, 0.3) is 22.5 Å². The van der Waals surface area contributed by atoms with Gasteiger partial charge < -0.3 is 10.6 Å². The Kier molecular flexibility index (Phi) is 6.06. The lowest BCUT2D eigenvalue weighted by Gasteiger charge is -2.12. The Labute approximate surface area is 186 Å². The summed E-state index contributed by atoms with van der Waals surface area (Å²) in [7, 11) is 0. The Hall–Kier alpha value is -3.23. The van der Waals surface area contributed by atoms with Crippen molar-refractivity contribution in [2.24, 2.45) is 0 Å². The highest BCUT2D eigenvalue weighted by atomic mass is 79.9. The molecule has 0 atom stereocenters. The number of anilines is 2. The molecule has 4 rings (SSSR count). The second-order valence-electron chi connectivity index (χ2n) is 6.31. The van der Waals surface area contributed by atoms with Gasteiger partial charge in [0, 0.05) is 33.7 Å². The highest BCUT2D eigenvalue weighted by molar-refractivity contribution is 9.10.